The maximum Gasteiger partial charge on any atom is 0.391 e. The fourth-order valence-electron chi connectivity index (χ4n) is 5.79. The number of hydrogen-bond acceptors (Lipinski definition) is 7. The number of alkyl halides is 5. The van der Waals surface area contributed by atoms with Gasteiger partial charge in [0.25, 0.3) is 5.91 Å². The summed E-state index contributed by atoms with van der Waals surface area (Å²) >= 11 is 5.84. The Morgan fingerprint density at radius 3 is 2.27 bits per heavy atom. The normalized spacial score (nSPS) is 25.6. The van der Waals surface area contributed by atoms with Gasteiger partial charge in [-0.3, -0.25) is 9.48 Å². The number of carbonyl (C=O) groups is 1. The summed E-state index contributed by atoms with van der Waals surface area (Å²) in [5.74, 6) is -2.05. The van der Waals surface area contributed by atoms with Gasteiger partial charge < -0.3 is 20.3 Å². The van der Waals surface area contributed by atoms with E-state index < -0.39 is 47.4 Å². The second kappa shape index (κ2) is 14.6. The van der Waals surface area contributed by atoms with E-state index in [0.29, 0.717) is 18.8 Å². The molecule has 1 aromatic carbocycles. The Labute approximate surface area is 259 Å². The van der Waals surface area contributed by atoms with E-state index in [1.807, 2.05) is 0 Å². The van der Waals surface area contributed by atoms with Crippen molar-refractivity contribution in [2.75, 3.05) is 6.54 Å². The summed E-state index contributed by atoms with van der Waals surface area (Å²) in [6, 6.07) is 3.99. The number of hydrogen-bond donors (Lipinski definition) is 3. The Morgan fingerprint density at radius 1 is 1.16 bits per heavy atom. The lowest BCUT2D eigenvalue weighted by atomic mass is 9.75. The molecular formula is C28H35ClF5N3O6S. The van der Waals surface area contributed by atoms with Crippen LogP contribution in [0.1, 0.15) is 81.3 Å². The molecule has 0 bridgehead atoms. The first-order chi connectivity index (χ1) is 20.6. The first kappa shape index (κ1) is 35.9. The molecule has 0 spiro atoms. The van der Waals surface area contributed by atoms with Crippen molar-refractivity contribution < 1.29 is 50.1 Å². The highest BCUT2D eigenvalue weighted by atomic mass is 35.5. The lowest BCUT2D eigenvalue weighted by molar-refractivity contribution is -0.193. The number of aromatic nitrogens is 2. The van der Waals surface area contributed by atoms with Gasteiger partial charge in [0.2, 0.25) is 0 Å². The maximum atomic E-state index is 13.5. The van der Waals surface area contributed by atoms with Crippen LogP contribution in [0.5, 0.6) is 5.75 Å². The Morgan fingerprint density at radius 2 is 1.75 bits per heavy atom. The predicted molar refractivity (Wildman–Crippen MR) is 151 cm³/mol. The highest BCUT2D eigenvalue weighted by Crippen LogP contribution is 2.47. The monoisotopic (exact) mass is 671 g/mol. The number of benzene rings is 1. The molecule has 0 unspecified atom stereocenters. The van der Waals surface area contributed by atoms with Crippen LogP contribution in [0.2, 0.25) is 5.02 Å². The van der Waals surface area contributed by atoms with Crippen LogP contribution in [0, 0.1) is 11.8 Å². The van der Waals surface area contributed by atoms with E-state index in [1.165, 1.54) is 22.9 Å². The van der Waals surface area contributed by atoms with Crippen LogP contribution in [0.15, 0.2) is 18.2 Å². The van der Waals surface area contributed by atoms with Gasteiger partial charge in [-0.25, -0.2) is 0 Å². The Balaban J connectivity index is 0.00000169. The van der Waals surface area contributed by atoms with Gasteiger partial charge in [-0.05, 0) is 81.9 Å². The van der Waals surface area contributed by atoms with Crippen LogP contribution in [0.25, 0.3) is 11.3 Å². The standard InChI is InChI=1S/C28H35ClF5N3O4.O2S/c1-3-37-23(21(29)22(36-37)24(38)35-15-26(39)10-6-16(2)7-11-26)19-5-4-18(14-20(19)41-25(30)31)27(40)12-8-17(9-13-27)28(32,33)34;1-3-2/h4-5,14,16-17,25,39-40H,3,6-13,15H2,1-2H3,(H,35,38);. The average Bonchev–Trinajstić information content (AvgIpc) is 3.29. The Hall–Kier alpha value is -2.62. The van der Waals surface area contributed by atoms with Crippen LogP contribution in [0.4, 0.5) is 22.0 Å². The van der Waals surface area contributed by atoms with Crippen LogP contribution in [-0.2, 0) is 23.7 Å². The van der Waals surface area contributed by atoms with Crippen LogP contribution in [0.3, 0.4) is 0 Å². The van der Waals surface area contributed by atoms with Gasteiger partial charge >= 0.3 is 24.4 Å². The molecule has 0 aliphatic heterocycles. The molecule has 0 atom stereocenters. The molecule has 0 radical (unpaired) electrons. The average molecular weight is 672 g/mol. The molecule has 2 aliphatic carbocycles. The molecule has 1 amide bonds. The van der Waals surface area contributed by atoms with Gasteiger partial charge in [0.15, 0.2) is 5.69 Å². The molecule has 16 heteroatoms. The molecule has 2 aromatic rings. The minimum absolute atomic E-state index is 0.00538. The lowest BCUT2D eigenvalue weighted by Crippen LogP contribution is -2.45. The summed E-state index contributed by atoms with van der Waals surface area (Å²) in [6.45, 7) is 0.783. The second-order valence-electron chi connectivity index (χ2n) is 11.4. The maximum absolute atomic E-state index is 13.5. The number of aliphatic hydroxyl groups is 2. The van der Waals surface area contributed by atoms with Crippen LogP contribution in [-0.4, -0.2) is 59.3 Å². The van der Waals surface area contributed by atoms with E-state index in [2.05, 4.69) is 17.3 Å². The van der Waals surface area contributed by atoms with Gasteiger partial charge in [0.1, 0.15) is 5.75 Å². The largest absolute Gasteiger partial charge is 0.434 e. The molecule has 3 N–H and O–H groups in total. The van der Waals surface area contributed by atoms with Gasteiger partial charge in [0, 0.05) is 18.7 Å². The zero-order valence-electron chi connectivity index (χ0n) is 24.1. The van der Waals surface area contributed by atoms with E-state index in [0.717, 1.165) is 12.8 Å². The third kappa shape index (κ3) is 8.55. The topological polar surface area (TPSA) is 131 Å². The third-order valence-corrected chi connectivity index (χ3v) is 8.82. The zero-order valence-corrected chi connectivity index (χ0v) is 25.7. The highest BCUT2D eigenvalue weighted by molar-refractivity contribution is 7.51. The van der Waals surface area contributed by atoms with Crippen molar-refractivity contribution in [3.63, 3.8) is 0 Å². The minimum atomic E-state index is -4.37. The van der Waals surface area contributed by atoms with Crippen molar-refractivity contribution in [2.45, 2.75) is 95.7 Å². The molecule has 9 nitrogen and oxygen atoms in total. The summed E-state index contributed by atoms with van der Waals surface area (Å²) in [5, 5.41) is 28.8. The number of ether oxygens (including phenoxy) is 1. The lowest BCUT2D eigenvalue weighted by Gasteiger charge is -2.37. The van der Waals surface area contributed by atoms with E-state index in [-0.39, 0.29) is 72.1 Å². The first-order valence-electron chi connectivity index (χ1n) is 14.1. The van der Waals surface area contributed by atoms with Gasteiger partial charge in [-0.2, -0.15) is 35.5 Å². The molecular weight excluding hydrogens is 637 g/mol. The van der Waals surface area contributed by atoms with Gasteiger partial charge in [-0.15, -0.1) is 0 Å². The van der Waals surface area contributed by atoms with Crippen LogP contribution >= 0.6 is 11.6 Å². The quantitative estimate of drug-likeness (QED) is 0.304. The molecule has 1 heterocycles. The number of amides is 1. The predicted octanol–water partition coefficient (Wildman–Crippen LogP) is 5.77. The van der Waals surface area contributed by atoms with E-state index in [1.54, 1.807) is 6.92 Å². The second-order valence-corrected chi connectivity index (χ2v) is 11.9. The van der Waals surface area contributed by atoms with Crippen molar-refractivity contribution in [2.24, 2.45) is 11.8 Å². The zero-order chi connectivity index (χ0) is 32.9. The minimum Gasteiger partial charge on any atom is -0.434 e. The summed E-state index contributed by atoms with van der Waals surface area (Å²) < 4.78 is 89.1. The smallest absolute Gasteiger partial charge is 0.391 e. The number of aryl methyl sites for hydroxylation is 1. The number of nitrogens with one attached hydrogen (secondary N) is 1. The van der Waals surface area contributed by atoms with Crippen molar-refractivity contribution in [3.05, 3.63) is 34.5 Å². The molecule has 2 fully saturated rings. The van der Waals surface area contributed by atoms with E-state index in [4.69, 9.17) is 24.8 Å². The summed E-state index contributed by atoms with van der Waals surface area (Å²) in [5.41, 5.74) is -2.52. The summed E-state index contributed by atoms with van der Waals surface area (Å²) in [4.78, 5) is 13.0. The molecule has 2 saturated carbocycles. The first-order valence-corrected chi connectivity index (χ1v) is 15.2. The number of halogens is 6. The fraction of sp³-hybridized carbons (Fsp3) is 0.643. The van der Waals surface area contributed by atoms with Gasteiger partial charge in [-0.1, -0.05) is 24.6 Å². The molecule has 1 aromatic heterocycles. The third-order valence-electron chi connectivity index (χ3n) is 8.46. The Bertz CT molecular complexity index is 1340. The van der Waals surface area contributed by atoms with E-state index >= 15 is 0 Å². The molecule has 0 saturated heterocycles. The van der Waals surface area contributed by atoms with Crippen molar-refractivity contribution in [3.8, 4) is 17.0 Å². The van der Waals surface area contributed by atoms with Crippen molar-refractivity contribution in [1.82, 2.24) is 15.1 Å². The Kier molecular flexibility index (Phi) is 11.9. The van der Waals surface area contributed by atoms with E-state index in [9.17, 15) is 37.0 Å². The summed E-state index contributed by atoms with van der Waals surface area (Å²) in [7, 11) is 0. The molecule has 44 heavy (non-hydrogen) atoms. The number of rotatable bonds is 8. The fourth-order valence-corrected chi connectivity index (χ4v) is 6.11. The van der Waals surface area contributed by atoms with Crippen LogP contribution < -0.4 is 10.1 Å². The highest BCUT2D eigenvalue weighted by Gasteiger charge is 2.46. The molecule has 4 rings (SSSR count). The molecule has 2 aliphatic rings. The van der Waals surface area contributed by atoms with Gasteiger partial charge in [0.05, 0.1) is 27.8 Å². The van der Waals surface area contributed by atoms with Crippen molar-refractivity contribution in [1.29, 1.82) is 0 Å². The SMILES string of the molecule is CCn1nc(C(=O)NCC2(O)CCC(C)CC2)c(Cl)c1-c1ccc(C2(O)CCC(C(F)(F)F)CC2)cc1OC(F)F.O=S=O. The number of nitrogens with zero attached hydrogens (tertiary/aromatic N) is 2. The number of carbonyl (C=O) groups excluding carboxylic acids is 1. The molecule has 246 valence electrons. The van der Waals surface area contributed by atoms with Crippen molar-refractivity contribution >= 4 is 29.1 Å². The summed E-state index contributed by atoms with van der Waals surface area (Å²) in [6.07, 6.45) is -2.61.